The van der Waals surface area contributed by atoms with Gasteiger partial charge in [-0.15, -0.1) is 10.2 Å². The van der Waals surface area contributed by atoms with Crippen LogP contribution in [-0.2, 0) is 17.0 Å². The lowest BCUT2D eigenvalue weighted by molar-refractivity contribution is -0.115. The first-order chi connectivity index (χ1) is 11.7. The van der Waals surface area contributed by atoms with Gasteiger partial charge < -0.3 is 5.32 Å². The van der Waals surface area contributed by atoms with Gasteiger partial charge >= 0.3 is 0 Å². The van der Waals surface area contributed by atoms with Crippen molar-refractivity contribution in [2.45, 2.75) is 16.5 Å². The molecule has 2 aromatic carbocycles. The Labute approximate surface area is 156 Å². The van der Waals surface area contributed by atoms with E-state index in [0.29, 0.717) is 11.6 Å². The van der Waals surface area contributed by atoms with Crippen LogP contribution in [-0.4, -0.2) is 16.1 Å². The predicted molar refractivity (Wildman–Crippen MR) is 102 cm³/mol. The third-order valence-electron chi connectivity index (χ3n) is 3.11. The Morgan fingerprint density at radius 1 is 1.08 bits per heavy atom. The molecule has 1 heterocycles. The molecule has 0 aliphatic rings. The summed E-state index contributed by atoms with van der Waals surface area (Å²) in [5.74, 6) is 0.741. The number of rotatable bonds is 6. The summed E-state index contributed by atoms with van der Waals surface area (Å²) in [4.78, 5) is 12.1. The monoisotopic (exact) mass is 419 g/mol. The van der Waals surface area contributed by atoms with Crippen molar-refractivity contribution in [3.8, 4) is 0 Å². The van der Waals surface area contributed by atoms with Gasteiger partial charge in [0.1, 0.15) is 0 Å². The van der Waals surface area contributed by atoms with Gasteiger partial charge in [-0.25, -0.2) is 0 Å². The van der Waals surface area contributed by atoms with Crippen molar-refractivity contribution >= 4 is 50.1 Å². The minimum atomic E-state index is -0.0936. The number of benzene rings is 2. The first kappa shape index (κ1) is 17.1. The molecule has 0 radical (unpaired) electrons. The maximum Gasteiger partial charge on any atom is 0.230 e. The Balaban J connectivity index is 1.53. The molecule has 1 N–H and O–H groups in total. The van der Waals surface area contributed by atoms with Crippen molar-refractivity contribution in [1.29, 1.82) is 0 Å². The van der Waals surface area contributed by atoms with Crippen molar-refractivity contribution in [3.05, 3.63) is 70.2 Å². The topological polar surface area (TPSA) is 54.9 Å². The van der Waals surface area contributed by atoms with Gasteiger partial charge in [0.15, 0.2) is 4.34 Å². The van der Waals surface area contributed by atoms with E-state index in [-0.39, 0.29) is 5.91 Å². The van der Waals surface area contributed by atoms with E-state index in [4.69, 9.17) is 0 Å². The van der Waals surface area contributed by atoms with Gasteiger partial charge in [0.2, 0.25) is 11.0 Å². The Bertz CT molecular complexity index is 823. The van der Waals surface area contributed by atoms with Crippen LogP contribution in [0.5, 0.6) is 0 Å². The summed E-state index contributed by atoms with van der Waals surface area (Å²) >= 11 is 6.41. The number of hydrogen-bond acceptors (Lipinski definition) is 5. The van der Waals surface area contributed by atoms with Crippen LogP contribution in [0.15, 0.2) is 63.4 Å². The molecule has 3 aromatic rings. The van der Waals surface area contributed by atoms with Crippen molar-refractivity contribution in [3.63, 3.8) is 0 Å². The van der Waals surface area contributed by atoms with Crippen LogP contribution in [0.4, 0.5) is 5.13 Å². The summed E-state index contributed by atoms with van der Waals surface area (Å²) in [6, 6.07) is 17.9. The average Bonchev–Trinajstić information content (AvgIpc) is 3.01. The average molecular weight is 420 g/mol. The molecule has 122 valence electrons. The molecule has 0 atom stereocenters. The van der Waals surface area contributed by atoms with Crippen molar-refractivity contribution in [2.24, 2.45) is 0 Å². The number of carbonyl (C=O) groups is 1. The van der Waals surface area contributed by atoms with E-state index >= 15 is 0 Å². The number of anilines is 1. The lowest BCUT2D eigenvalue weighted by Gasteiger charge is -2.02. The molecular weight excluding hydrogens is 406 g/mol. The minimum absolute atomic E-state index is 0.0936. The van der Waals surface area contributed by atoms with E-state index < -0.39 is 0 Å². The Kier molecular flexibility index (Phi) is 6.01. The fourth-order valence-electron chi connectivity index (χ4n) is 2.03. The van der Waals surface area contributed by atoms with Gasteiger partial charge in [0.05, 0.1) is 6.42 Å². The van der Waals surface area contributed by atoms with Crippen molar-refractivity contribution in [2.75, 3.05) is 5.32 Å². The molecule has 1 amide bonds. The highest BCUT2D eigenvalue weighted by molar-refractivity contribution is 9.10. The molecule has 7 heteroatoms. The first-order valence-electron chi connectivity index (χ1n) is 7.23. The lowest BCUT2D eigenvalue weighted by atomic mass is 10.1. The summed E-state index contributed by atoms with van der Waals surface area (Å²) < 4.78 is 1.81. The molecule has 4 nitrogen and oxygen atoms in total. The molecule has 0 aliphatic heterocycles. The smallest absolute Gasteiger partial charge is 0.230 e. The Hall–Kier alpha value is -1.70. The SMILES string of the molecule is O=C(Cc1cccc(Br)c1)Nc1nnc(SCc2ccccc2)s1. The number of thioether (sulfide) groups is 1. The van der Waals surface area contributed by atoms with E-state index in [1.54, 1.807) is 11.8 Å². The zero-order chi connectivity index (χ0) is 16.8. The minimum Gasteiger partial charge on any atom is -0.300 e. The summed E-state index contributed by atoms with van der Waals surface area (Å²) in [7, 11) is 0. The number of carbonyl (C=O) groups excluding carboxylic acids is 1. The standard InChI is InChI=1S/C17H14BrN3OS2/c18-14-8-4-7-13(9-14)10-15(22)19-16-20-21-17(24-16)23-11-12-5-2-1-3-6-12/h1-9H,10-11H2,(H,19,20,22). The third-order valence-corrected chi connectivity index (χ3v) is 5.65. The lowest BCUT2D eigenvalue weighted by Crippen LogP contribution is -2.14. The summed E-state index contributed by atoms with van der Waals surface area (Å²) in [6.45, 7) is 0. The molecule has 0 aliphatic carbocycles. The fraction of sp³-hybridized carbons (Fsp3) is 0.118. The largest absolute Gasteiger partial charge is 0.300 e. The molecule has 0 bridgehead atoms. The highest BCUT2D eigenvalue weighted by Crippen LogP contribution is 2.28. The van der Waals surface area contributed by atoms with Crippen LogP contribution in [0.2, 0.25) is 0 Å². The second kappa shape index (κ2) is 8.41. The first-order valence-corrected chi connectivity index (χ1v) is 9.83. The van der Waals surface area contributed by atoms with E-state index in [9.17, 15) is 4.79 Å². The number of nitrogens with zero attached hydrogens (tertiary/aromatic N) is 2. The van der Waals surface area contributed by atoms with E-state index in [1.165, 1.54) is 16.9 Å². The van der Waals surface area contributed by atoms with E-state index in [2.05, 4.69) is 43.6 Å². The maximum absolute atomic E-state index is 12.1. The quantitative estimate of drug-likeness (QED) is 0.461. The van der Waals surface area contributed by atoms with Crippen LogP contribution < -0.4 is 5.32 Å². The fourth-order valence-corrected chi connectivity index (χ4v) is 4.20. The van der Waals surface area contributed by atoms with Crippen LogP contribution >= 0.6 is 39.0 Å². The zero-order valence-corrected chi connectivity index (χ0v) is 15.8. The van der Waals surface area contributed by atoms with Crippen molar-refractivity contribution in [1.82, 2.24) is 10.2 Å². The molecule has 0 saturated carbocycles. The van der Waals surface area contributed by atoms with Crippen LogP contribution in [0.1, 0.15) is 11.1 Å². The van der Waals surface area contributed by atoms with E-state index in [1.807, 2.05) is 42.5 Å². The van der Waals surface area contributed by atoms with Crippen LogP contribution in [0.3, 0.4) is 0 Å². The molecule has 0 spiro atoms. The molecule has 1 aromatic heterocycles. The van der Waals surface area contributed by atoms with Crippen molar-refractivity contribution < 1.29 is 4.79 Å². The zero-order valence-electron chi connectivity index (χ0n) is 12.6. The number of amides is 1. The maximum atomic E-state index is 12.1. The highest BCUT2D eigenvalue weighted by Gasteiger charge is 2.09. The Morgan fingerprint density at radius 3 is 2.67 bits per heavy atom. The normalized spacial score (nSPS) is 10.5. The van der Waals surface area contributed by atoms with Gasteiger partial charge in [0, 0.05) is 10.2 Å². The number of nitrogens with one attached hydrogen (secondary N) is 1. The van der Waals surface area contributed by atoms with Gasteiger partial charge in [-0.1, -0.05) is 81.5 Å². The van der Waals surface area contributed by atoms with Crippen LogP contribution in [0.25, 0.3) is 0 Å². The second-order valence-corrected chi connectivity index (χ2v) is 8.12. The molecule has 3 rings (SSSR count). The molecular formula is C17H14BrN3OS2. The number of hydrogen-bond donors (Lipinski definition) is 1. The van der Waals surface area contributed by atoms with E-state index in [0.717, 1.165) is 20.1 Å². The van der Waals surface area contributed by atoms with Gasteiger partial charge in [-0.2, -0.15) is 0 Å². The molecule has 0 unspecified atom stereocenters. The molecule has 0 saturated heterocycles. The molecule has 0 fully saturated rings. The number of aromatic nitrogens is 2. The van der Waals surface area contributed by atoms with Gasteiger partial charge in [-0.3, -0.25) is 4.79 Å². The molecule has 24 heavy (non-hydrogen) atoms. The highest BCUT2D eigenvalue weighted by atomic mass is 79.9. The Morgan fingerprint density at radius 2 is 1.88 bits per heavy atom. The van der Waals surface area contributed by atoms with Gasteiger partial charge in [-0.05, 0) is 23.3 Å². The summed E-state index contributed by atoms with van der Waals surface area (Å²) in [5.41, 5.74) is 2.18. The number of halogens is 1. The summed E-state index contributed by atoms with van der Waals surface area (Å²) in [6.07, 6.45) is 0.311. The van der Waals surface area contributed by atoms with Gasteiger partial charge in [0.25, 0.3) is 0 Å². The second-order valence-electron chi connectivity index (χ2n) is 5.00. The summed E-state index contributed by atoms with van der Waals surface area (Å²) in [5, 5.41) is 11.5. The predicted octanol–water partition coefficient (Wildman–Crippen LogP) is 4.77. The third kappa shape index (κ3) is 5.15. The van der Waals surface area contributed by atoms with Crippen LogP contribution in [0, 0.1) is 0 Å².